The molecule has 0 fully saturated rings. The number of benzene rings is 2. The Hall–Kier alpha value is -3.33. The number of nitro benzene ring substituents is 1. The molecule has 0 saturated heterocycles. The third kappa shape index (κ3) is 4.45. The van der Waals surface area contributed by atoms with Gasteiger partial charge < -0.3 is 9.88 Å². The van der Waals surface area contributed by atoms with E-state index in [0.717, 1.165) is 5.69 Å². The normalized spacial score (nSPS) is 11.4. The predicted octanol–water partition coefficient (Wildman–Crippen LogP) is 3.55. The first-order valence-electron chi connectivity index (χ1n) is 7.91. The van der Waals surface area contributed by atoms with Crippen LogP contribution in [-0.2, 0) is 18.3 Å². The van der Waals surface area contributed by atoms with Crippen molar-refractivity contribution in [1.29, 1.82) is 0 Å². The Morgan fingerprint density at radius 3 is 2.63 bits per heavy atom. The van der Waals surface area contributed by atoms with Crippen LogP contribution < -0.4 is 10.1 Å². The molecule has 0 bridgehead atoms. The van der Waals surface area contributed by atoms with Gasteiger partial charge in [0.15, 0.2) is 4.80 Å². The molecule has 0 atom stereocenters. The van der Waals surface area contributed by atoms with Gasteiger partial charge in [-0.3, -0.25) is 14.9 Å². The molecule has 1 heterocycles. The molecule has 0 aliphatic carbocycles. The van der Waals surface area contributed by atoms with Crippen LogP contribution in [0.2, 0.25) is 0 Å². The summed E-state index contributed by atoms with van der Waals surface area (Å²) < 4.78 is 15.5. The van der Waals surface area contributed by atoms with Gasteiger partial charge in [-0.1, -0.05) is 12.1 Å². The summed E-state index contributed by atoms with van der Waals surface area (Å²) in [5.41, 5.74) is 1.38. The Balaban J connectivity index is 1.73. The van der Waals surface area contributed by atoms with Gasteiger partial charge in [-0.15, -0.1) is 11.3 Å². The maximum absolute atomic E-state index is 13.7. The fourth-order valence-electron chi connectivity index (χ4n) is 2.34. The Kier molecular flexibility index (Phi) is 5.41. The standard InChI is InChI=1S/C18H15FN4O3S/c1-22-14(11-27-18(22)21-16-5-3-2-4-15(16)19)10-17(24)20-12-6-8-13(9-7-12)23(25)26/h2-9,11H,10H2,1H3,(H,20,24). The summed E-state index contributed by atoms with van der Waals surface area (Å²) in [6.07, 6.45) is 0.0940. The van der Waals surface area contributed by atoms with Crippen molar-refractivity contribution in [3.05, 3.63) is 80.3 Å². The number of thiazole rings is 1. The molecule has 3 rings (SSSR count). The van der Waals surface area contributed by atoms with Crippen LogP contribution in [0.1, 0.15) is 5.69 Å². The van der Waals surface area contributed by atoms with Crippen LogP contribution in [0.4, 0.5) is 21.5 Å². The van der Waals surface area contributed by atoms with Gasteiger partial charge in [-0.05, 0) is 24.3 Å². The van der Waals surface area contributed by atoms with Crippen molar-refractivity contribution < 1.29 is 14.1 Å². The molecule has 2 aromatic carbocycles. The summed E-state index contributed by atoms with van der Waals surface area (Å²) in [7, 11) is 1.75. The molecule has 9 heteroatoms. The lowest BCUT2D eigenvalue weighted by Gasteiger charge is -2.06. The van der Waals surface area contributed by atoms with Gasteiger partial charge in [0, 0.05) is 35.9 Å². The van der Waals surface area contributed by atoms with E-state index >= 15 is 0 Å². The number of non-ortho nitro benzene ring substituents is 1. The quantitative estimate of drug-likeness (QED) is 0.537. The van der Waals surface area contributed by atoms with E-state index in [2.05, 4.69) is 10.3 Å². The second kappa shape index (κ2) is 7.92. The summed E-state index contributed by atoms with van der Waals surface area (Å²) in [4.78, 5) is 27.2. The molecule has 3 aromatic rings. The Labute approximate surface area is 157 Å². The first-order valence-corrected chi connectivity index (χ1v) is 8.79. The molecule has 7 nitrogen and oxygen atoms in total. The van der Waals surface area contributed by atoms with Crippen LogP contribution in [0.5, 0.6) is 0 Å². The molecule has 1 aromatic heterocycles. The molecule has 0 spiro atoms. The molecule has 138 valence electrons. The van der Waals surface area contributed by atoms with E-state index in [0.29, 0.717) is 10.5 Å². The molecular weight excluding hydrogens is 371 g/mol. The molecular formula is C18H15FN4O3S. The van der Waals surface area contributed by atoms with Gasteiger partial charge in [0.05, 0.1) is 11.3 Å². The SMILES string of the molecule is Cn1c(CC(=O)Nc2ccc([N+](=O)[O-])cc2)csc1=Nc1ccccc1F. The van der Waals surface area contributed by atoms with Crippen LogP contribution in [0, 0.1) is 15.9 Å². The highest BCUT2D eigenvalue weighted by Gasteiger charge is 2.10. The zero-order valence-electron chi connectivity index (χ0n) is 14.3. The fraction of sp³-hybridized carbons (Fsp3) is 0.111. The van der Waals surface area contributed by atoms with Crippen LogP contribution in [0.3, 0.4) is 0 Å². The Bertz CT molecular complexity index is 1060. The highest BCUT2D eigenvalue weighted by molar-refractivity contribution is 7.07. The van der Waals surface area contributed by atoms with E-state index < -0.39 is 10.7 Å². The number of para-hydroxylation sites is 1. The van der Waals surface area contributed by atoms with Gasteiger partial charge in [0.25, 0.3) is 5.69 Å². The van der Waals surface area contributed by atoms with E-state index in [4.69, 9.17) is 0 Å². The van der Waals surface area contributed by atoms with Gasteiger partial charge in [-0.25, -0.2) is 9.38 Å². The summed E-state index contributed by atoms with van der Waals surface area (Å²) in [6.45, 7) is 0. The van der Waals surface area contributed by atoms with Crippen molar-refractivity contribution >= 4 is 34.3 Å². The van der Waals surface area contributed by atoms with Crippen LogP contribution in [-0.4, -0.2) is 15.4 Å². The third-order valence-electron chi connectivity index (χ3n) is 3.79. The minimum absolute atomic E-state index is 0.0448. The number of hydrogen-bond acceptors (Lipinski definition) is 5. The summed E-state index contributed by atoms with van der Waals surface area (Å²) in [5, 5.41) is 15.1. The van der Waals surface area contributed by atoms with E-state index in [1.54, 1.807) is 35.2 Å². The number of nitrogens with zero attached hydrogens (tertiary/aromatic N) is 3. The van der Waals surface area contributed by atoms with E-state index in [1.165, 1.54) is 41.7 Å². The largest absolute Gasteiger partial charge is 0.326 e. The monoisotopic (exact) mass is 386 g/mol. The maximum Gasteiger partial charge on any atom is 0.269 e. The molecule has 1 N–H and O–H groups in total. The van der Waals surface area contributed by atoms with E-state index in [9.17, 15) is 19.3 Å². The second-order valence-electron chi connectivity index (χ2n) is 5.66. The molecule has 0 radical (unpaired) electrons. The number of hydrogen-bond donors (Lipinski definition) is 1. The molecule has 0 saturated carbocycles. The predicted molar refractivity (Wildman–Crippen MR) is 100 cm³/mol. The van der Waals surface area contributed by atoms with E-state index in [-0.39, 0.29) is 23.7 Å². The number of carbonyl (C=O) groups excluding carboxylic acids is 1. The summed E-state index contributed by atoms with van der Waals surface area (Å²) in [6, 6.07) is 11.8. The number of carbonyl (C=O) groups is 1. The van der Waals surface area contributed by atoms with Gasteiger partial charge in [-0.2, -0.15) is 0 Å². The van der Waals surface area contributed by atoms with Gasteiger partial charge in [0.2, 0.25) is 5.91 Å². The van der Waals surface area contributed by atoms with Crippen molar-refractivity contribution in [2.24, 2.45) is 12.0 Å². The highest BCUT2D eigenvalue weighted by Crippen LogP contribution is 2.17. The zero-order valence-corrected chi connectivity index (χ0v) is 15.1. The lowest BCUT2D eigenvalue weighted by molar-refractivity contribution is -0.384. The minimum atomic E-state index is -0.502. The lowest BCUT2D eigenvalue weighted by atomic mass is 10.2. The first-order chi connectivity index (χ1) is 12.9. The molecule has 27 heavy (non-hydrogen) atoms. The average molecular weight is 386 g/mol. The van der Waals surface area contributed by atoms with Crippen molar-refractivity contribution in [3.8, 4) is 0 Å². The Morgan fingerprint density at radius 1 is 1.26 bits per heavy atom. The van der Waals surface area contributed by atoms with Gasteiger partial charge >= 0.3 is 0 Å². The van der Waals surface area contributed by atoms with Crippen molar-refractivity contribution in [2.75, 3.05) is 5.32 Å². The third-order valence-corrected chi connectivity index (χ3v) is 4.76. The van der Waals surface area contributed by atoms with Crippen LogP contribution in [0.25, 0.3) is 0 Å². The average Bonchev–Trinajstić information content (AvgIpc) is 2.97. The summed E-state index contributed by atoms with van der Waals surface area (Å²) in [5.74, 6) is -0.682. The topological polar surface area (TPSA) is 89.5 Å². The van der Waals surface area contributed by atoms with E-state index in [1.807, 2.05) is 0 Å². The number of halogens is 1. The maximum atomic E-state index is 13.7. The number of nitrogens with one attached hydrogen (secondary N) is 1. The summed E-state index contributed by atoms with van der Waals surface area (Å²) >= 11 is 1.31. The number of amides is 1. The number of nitro groups is 1. The molecule has 0 aliphatic rings. The number of rotatable bonds is 5. The first kappa shape index (κ1) is 18.5. The molecule has 0 unspecified atom stereocenters. The smallest absolute Gasteiger partial charge is 0.269 e. The van der Waals surface area contributed by atoms with Crippen molar-refractivity contribution in [3.63, 3.8) is 0 Å². The van der Waals surface area contributed by atoms with Crippen molar-refractivity contribution in [1.82, 2.24) is 4.57 Å². The number of anilines is 1. The van der Waals surface area contributed by atoms with Crippen LogP contribution in [0.15, 0.2) is 58.9 Å². The van der Waals surface area contributed by atoms with Crippen LogP contribution >= 0.6 is 11.3 Å². The fourth-order valence-corrected chi connectivity index (χ4v) is 3.25. The second-order valence-corrected chi connectivity index (χ2v) is 6.50. The zero-order chi connectivity index (χ0) is 19.4. The molecule has 1 amide bonds. The van der Waals surface area contributed by atoms with Crippen molar-refractivity contribution in [2.45, 2.75) is 6.42 Å². The molecule has 0 aliphatic heterocycles. The lowest BCUT2D eigenvalue weighted by Crippen LogP contribution is -2.19. The highest BCUT2D eigenvalue weighted by atomic mass is 32.1. The number of aromatic nitrogens is 1. The minimum Gasteiger partial charge on any atom is -0.326 e. The van der Waals surface area contributed by atoms with Gasteiger partial charge in [0.1, 0.15) is 11.5 Å². The Morgan fingerprint density at radius 2 is 1.96 bits per heavy atom.